The highest BCUT2D eigenvalue weighted by Gasteiger charge is 2.12. The molecule has 0 radical (unpaired) electrons. The first kappa shape index (κ1) is 15.2. The lowest BCUT2D eigenvalue weighted by Gasteiger charge is -2.15. The average Bonchev–Trinajstić information content (AvgIpc) is 2.82. The standard InChI is InChI=1S/C13H19ClN4OSi/c1-20(2,3)7-6-19-10-18-9-11(8-16-18)12-4-5-15-13(14)17-12/h4-5,8-9H,6-7,10H2,1-3H3. The zero-order chi connectivity index (χ0) is 14.6. The van der Waals surface area contributed by atoms with Gasteiger partial charge in [-0.1, -0.05) is 19.6 Å². The van der Waals surface area contributed by atoms with Crippen LogP contribution in [0.3, 0.4) is 0 Å². The molecule has 0 bridgehead atoms. The molecule has 2 rings (SSSR count). The smallest absolute Gasteiger partial charge is 0.222 e. The Kier molecular flexibility index (Phi) is 4.90. The summed E-state index contributed by atoms with van der Waals surface area (Å²) >= 11 is 5.78. The molecule has 0 aromatic carbocycles. The van der Waals surface area contributed by atoms with Gasteiger partial charge in [0.25, 0.3) is 0 Å². The minimum Gasteiger partial charge on any atom is -0.360 e. The van der Waals surface area contributed by atoms with E-state index in [2.05, 4.69) is 34.7 Å². The van der Waals surface area contributed by atoms with Gasteiger partial charge in [-0.25, -0.2) is 14.6 Å². The van der Waals surface area contributed by atoms with Crippen LogP contribution in [0.5, 0.6) is 0 Å². The molecule has 0 saturated carbocycles. The lowest BCUT2D eigenvalue weighted by molar-refractivity contribution is 0.0786. The molecule has 0 atom stereocenters. The second kappa shape index (κ2) is 6.47. The van der Waals surface area contributed by atoms with Crippen molar-refractivity contribution in [2.45, 2.75) is 32.4 Å². The summed E-state index contributed by atoms with van der Waals surface area (Å²) in [5.74, 6) is 0. The summed E-state index contributed by atoms with van der Waals surface area (Å²) in [6, 6.07) is 2.96. The van der Waals surface area contributed by atoms with Crippen molar-refractivity contribution in [3.8, 4) is 11.3 Å². The summed E-state index contributed by atoms with van der Waals surface area (Å²) in [7, 11) is -1.04. The quantitative estimate of drug-likeness (QED) is 0.466. The van der Waals surface area contributed by atoms with Crippen LogP contribution in [0.4, 0.5) is 0 Å². The van der Waals surface area contributed by atoms with Gasteiger partial charge in [0.15, 0.2) is 0 Å². The van der Waals surface area contributed by atoms with Crippen LogP contribution >= 0.6 is 11.6 Å². The van der Waals surface area contributed by atoms with Crippen LogP contribution in [0.25, 0.3) is 11.3 Å². The Balaban J connectivity index is 1.90. The summed E-state index contributed by atoms with van der Waals surface area (Å²) in [4.78, 5) is 8.01. The van der Waals surface area contributed by atoms with E-state index in [4.69, 9.17) is 16.3 Å². The van der Waals surface area contributed by atoms with E-state index in [0.29, 0.717) is 6.73 Å². The number of aromatic nitrogens is 4. The maximum Gasteiger partial charge on any atom is 0.222 e. The van der Waals surface area contributed by atoms with Gasteiger partial charge in [0.05, 0.1) is 11.9 Å². The molecule has 0 aliphatic carbocycles. The largest absolute Gasteiger partial charge is 0.360 e. The summed E-state index contributed by atoms with van der Waals surface area (Å²) in [5.41, 5.74) is 1.67. The van der Waals surface area contributed by atoms with Gasteiger partial charge in [0, 0.05) is 32.6 Å². The van der Waals surface area contributed by atoms with E-state index < -0.39 is 8.07 Å². The normalized spacial score (nSPS) is 11.8. The number of nitrogens with zero attached hydrogens (tertiary/aromatic N) is 4. The van der Waals surface area contributed by atoms with Gasteiger partial charge in [0.1, 0.15) is 6.73 Å². The molecule has 0 amide bonds. The van der Waals surface area contributed by atoms with Crippen molar-refractivity contribution in [3.63, 3.8) is 0 Å². The van der Waals surface area contributed by atoms with Crippen LogP contribution in [0, 0.1) is 0 Å². The second-order valence-corrected chi connectivity index (χ2v) is 11.8. The SMILES string of the molecule is C[Si](C)(C)CCOCn1cc(-c2ccnc(Cl)n2)cn1. The molecule has 20 heavy (non-hydrogen) atoms. The highest BCUT2D eigenvalue weighted by molar-refractivity contribution is 6.76. The van der Waals surface area contributed by atoms with Crippen molar-refractivity contribution < 1.29 is 4.74 Å². The molecule has 0 spiro atoms. The van der Waals surface area contributed by atoms with Crippen LogP contribution in [-0.4, -0.2) is 34.4 Å². The van der Waals surface area contributed by atoms with Gasteiger partial charge < -0.3 is 4.74 Å². The van der Waals surface area contributed by atoms with E-state index in [-0.39, 0.29) is 5.28 Å². The van der Waals surface area contributed by atoms with E-state index in [0.717, 1.165) is 23.9 Å². The molecule has 2 aromatic heterocycles. The summed E-state index contributed by atoms with van der Waals surface area (Å²) in [6.07, 6.45) is 5.28. The van der Waals surface area contributed by atoms with Gasteiger partial charge in [-0.3, -0.25) is 0 Å². The van der Waals surface area contributed by atoms with Gasteiger partial charge >= 0.3 is 0 Å². The number of hydrogen-bond acceptors (Lipinski definition) is 4. The number of rotatable bonds is 6. The van der Waals surface area contributed by atoms with Gasteiger partial charge in [-0.15, -0.1) is 0 Å². The molecule has 0 fully saturated rings. The average molecular weight is 311 g/mol. The highest BCUT2D eigenvalue weighted by atomic mass is 35.5. The molecule has 0 aliphatic heterocycles. The highest BCUT2D eigenvalue weighted by Crippen LogP contribution is 2.16. The Hall–Kier alpha value is -1.24. The predicted molar refractivity (Wildman–Crippen MR) is 82.4 cm³/mol. The molecule has 0 aliphatic rings. The molecule has 2 heterocycles. The predicted octanol–water partition coefficient (Wildman–Crippen LogP) is 3.31. The molecular weight excluding hydrogens is 292 g/mol. The van der Waals surface area contributed by atoms with Crippen LogP contribution in [0.1, 0.15) is 0 Å². The Labute approximate surface area is 125 Å². The van der Waals surface area contributed by atoms with E-state index in [1.807, 2.05) is 6.20 Å². The van der Waals surface area contributed by atoms with E-state index in [9.17, 15) is 0 Å². The van der Waals surface area contributed by atoms with Crippen molar-refractivity contribution in [2.24, 2.45) is 0 Å². The van der Waals surface area contributed by atoms with Crippen LogP contribution in [0.15, 0.2) is 24.7 Å². The zero-order valence-corrected chi connectivity index (χ0v) is 13.8. The fourth-order valence-corrected chi connectivity index (χ4v) is 2.50. The summed E-state index contributed by atoms with van der Waals surface area (Å²) in [6.45, 7) is 8.25. The minimum absolute atomic E-state index is 0.238. The molecular formula is C13H19ClN4OSi. The maximum absolute atomic E-state index is 5.78. The van der Waals surface area contributed by atoms with Crippen molar-refractivity contribution in [3.05, 3.63) is 29.9 Å². The minimum atomic E-state index is -1.04. The fourth-order valence-electron chi connectivity index (χ4n) is 1.60. The summed E-state index contributed by atoms with van der Waals surface area (Å²) < 4.78 is 7.40. The molecule has 7 heteroatoms. The van der Waals surface area contributed by atoms with Crippen LogP contribution in [0.2, 0.25) is 31.0 Å². The molecule has 2 aromatic rings. The first-order valence-electron chi connectivity index (χ1n) is 6.53. The zero-order valence-electron chi connectivity index (χ0n) is 12.0. The van der Waals surface area contributed by atoms with Crippen molar-refractivity contribution in [2.75, 3.05) is 6.61 Å². The molecule has 5 nitrogen and oxygen atoms in total. The maximum atomic E-state index is 5.78. The Bertz CT molecular complexity index is 567. The number of hydrogen-bond donors (Lipinski definition) is 0. The Morgan fingerprint density at radius 1 is 1.35 bits per heavy atom. The molecule has 108 valence electrons. The lowest BCUT2D eigenvalue weighted by Crippen LogP contribution is -2.22. The molecule has 0 saturated heterocycles. The monoisotopic (exact) mass is 310 g/mol. The van der Waals surface area contributed by atoms with Crippen molar-refractivity contribution in [1.29, 1.82) is 0 Å². The lowest BCUT2D eigenvalue weighted by atomic mass is 10.2. The number of ether oxygens (including phenoxy) is 1. The van der Waals surface area contributed by atoms with E-state index >= 15 is 0 Å². The van der Waals surface area contributed by atoms with E-state index in [1.54, 1.807) is 23.1 Å². The first-order chi connectivity index (χ1) is 9.44. The fraction of sp³-hybridized carbons (Fsp3) is 0.462. The van der Waals surface area contributed by atoms with Crippen LogP contribution in [-0.2, 0) is 11.5 Å². The van der Waals surface area contributed by atoms with Gasteiger partial charge in [-0.05, 0) is 23.7 Å². The third-order valence-electron chi connectivity index (χ3n) is 2.78. The third kappa shape index (κ3) is 4.70. The Morgan fingerprint density at radius 3 is 2.85 bits per heavy atom. The van der Waals surface area contributed by atoms with Gasteiger partial charge in [-0.2, -0.15) is 5.10 Å². The van der Waals surface area contributed by atoms with Gasteiger partial charge in [0.2, 0.25) is 5.28 Å². The second-order valence-electron chi connectivity index (χ2n) is 5.83. The van der Waals surface area contributed by atoms with E-state index in [1.165, 1.54) is 0 Å². The molecule has 0 N–H and O–H groups in total. The number of halogens is 1. The summed E-state index contributed by atoms with van der Waals surface area (Å²) in [5, 5.41) is 4.49. The van der Waals surface area contributed by atoms with Crippen LogP contribution < -0.4 is 0 Å². The Morgan fingerprint density at radius 2 is 2.15 bits per heavy atom. The first-order valence-corrected chi connectivity index (χ1v) is 10.6. The van der Waals surface area contributed by atoms with Crippen molar-refractivity contribution >= 4 is 19.7 Å². The third-order valence-corrected chi connectivity index (χ3v) is 4.66. The molecule has 0 unspecified atom stereocenters. The van der Waals surface area contributed by atoms with Crippen molar-refractivity contribution in [1.82, 2.24) is 19.7 Å². The topological polar surface area (TPSA) is 52.8 Å².